The van der Waals surface area contributed by atoms with Gasteiger partial charge in [0.1, 0.15) is 11.6 Å². The van der Waals surface area contributed by atoms with Crippen LogP contribution in [0.4, 0.5) is 10.1 Å². The Balaban J connectivity index is 2.48. The fourth-order valence-corrected chi connectivity index (χ4v) is 1.81. The third-order valence-corrected chi connectivity index (χ3v) is 2.65. The first-order chi connectivity index (χ1) is 9.02. The molecule has 0 saturated heterocycles. The van der Waals surface area contributed by atoms with Gasteiger partial charge in [0.2, 0.25) is 0 Å². The summed E-state index contributed by atoms with van der Waals surface area (Å²) in [7, 11) is 0. The van der Waals surface area contributed by atoms with Gasteiger partial charge in [-0.15, -0.1) is 0 Å². The van der Waals surface area contributed by atoms with E-state index in [4.69, 9.17) is 10.5 Å². The number of aromatic nitrogens is 3. The van der Waals surface area contributed by atoms with Crippen molar-refractivity contribution in [3.05, 3.63) is 29.6 Å². The Morgan fingerprint density at radius 3 is 2.68 bits per heavy atom. The van der Waals surface area contributed by atoms with Crippen molar-refractivity contribution >= 4 is 5.69 Å². The van der Waals surface area contributed by atoms with E-state index in [2.05, 4.69) is 10.1 Å². The summed E-state index contributed by atoms with van der Waals surface area (Å²) in [5, 5.41) is 4.24. The van der Waals surface area contributed by atoms with E-state index in [9.17, 15) is 4.39 Å². The van der Waals surface area contributed by atoms with E-state index in [1.54, 1.807) is 17.7 Å². The standard InChI is InChI=1S/C13H17FN4O/c1-4-5-19-13-7-12(11(15)6-10(13)14)18-9(3)16-8(2)17-18/h6-7H,4-5,15H2,1-3H3. The molecule has 0 aliphatic heterocycles. The monoisotopic (exact) mass is 264 g/mol. The van der Waals surface area contributed by atoms with Crippen LogP contribution < -0.4 is 10.5 Å². The molecule has 102 valence electrons. The molecule has 0 spiro atoms. The molecule has 1 aromatic carbocycles. The highest BCUT2D eigenvalue weighted by molar-refractivity contribution is 5.61. The van der Waals surface area contributed by atoms with E-state index < -0.39 is 5.82 Å². The van der Waals surface area contributed by atoms with E-state index in [-0.39, 0.29) is 5.75 Å². The van der Waals surface area contributed by atoms with Crippen LogP contribution >= 0.6 is 0 Å². The Morgan fingerprint density at radius 1 is 1.37 bits per heavy atom. The lowest BCUT2D eigenvalue weighted by molar-refractivity contribution is 0.301. The van der Waals surface area contributed by atoms with Crippen LogP contribution in [0.5, 0.6) is 5.75 Å². The fourth-order valence-electron chi connectivity index (χ4n) is 1.81. The lowest BCUT2D eigenvalue weighted by atomic mass is 10.2. The van der Waals surface area contributed by atoms with Crippen LogP contribution in [-0.4, -0.2) is 21.4 Å². The zero-order valence-electron chi connectivity index (χ0n) is 11.3. The van der Waals surface area contributed by atoms with Crippen molar-refractivity contribution in [2.24, 2.45) is 0 Å². The molecule has 0 unspecified atom stereocenters. The van der Waals surface area contributed by atoms with Gasteiger partial charge in [0.15, 0.2) is 11.6 Å². The Kier molecular flexibility index (Phi) is 3.69. The van der Waals surface area contributed by atoms with Crippen molar-refractivity contribution in [1.29, 1.82) is 0 Å². The number of aryl methyl sites for hydroxylation is 2. The minimum absolute atomic E-state index is 0.179. The van der Waals surface area contributed by atoms with Crippen molar-refractivity contribution in [3.8, 4) is 11.4 Å². The second kappa shape index (κ2) is 5.26. The first-order valence-corrected chi connectivity index (χ1v) is 6.15. The second-order valence-electron chi connectivity index (χ2n) is 4.31. The number of halogens is 1. The minimum atomic E-state index is -0.468. The van der Waals surface area contributed by atoms with Crippen LogP contribution in [0, 0.1) is 19.7 Å². The molecule has 1 heterocycles. The van der Waals surface area contributed by atoms with Crippen molar-refractivity contribution in [3.63, 3.8) is 0 Å². The molecule has 0 saturated carbocycles. The largest absolute Gasteiger partial charge is 0.490 e. The van der Waals surface area contributed by atoms with Gasteiger partial charge in [0.25, 0.3) is 0 Å². The summed E-state index contributed by atoms with van der Waals surface area (Å²) in [4.78, 5) is 4.20. The van der Waals surface area contributed by atoms with Crippen LogP contribution in [0.2, 0.25) is 0 Å². The van der Waals surface area contributed by atoms with Crippen LogP contribution in [0.15, 0.2) is 12.1 Å². The molecule has 0 atom stereocenters. The molecule has 0 aliphatic rings. The molecule has 0 bridgehead atoms. The number of nitrogens with two attached hydrogens (primary N) is 1. The average Bonchev–Trinajstić information content (AvgIpc) is 2.67. The minimum Gasteiger partial charge on any atom is -0.490 e. The maximum absolute atomic E-state index is 13.7. The zero-order valence-corrected chi connectivity index (χ0v) is 11.3. The lowest BCUT2D eigenvalue weighted by Gasteiger charge is -2.11. The molecular weight excluding hydrogens is 247 g/mol. The number of hydrogen-bond acceptors (Lipinski definition) is 4. The van der Waals surface area contributed by atoms with Gasteiger partial charge in [-0.3, -0.25) is 0 Å². The summed E-state index contributed by atoms with van der Waals surface area (Å²) in [6.07, 6.45) is 0.806. The zero-order chi connectivity index (χ0) is 14.0. The highest BCUT2D eigenvalue weighted by Gasteiger charge is 2.13. The van der Waals surface area contributed by atoms with Crippen LogP contribution in [0.25, 0.3) is 5.69 Å². The van der Waals surface area contributed by atoms with E-state index in [1.807, 2.05) is 13.8 Å². The topological polar surface area (TPSA) is 66.0 Å². The van der Waals surface area contributed by atoms with Crippen molar-refractivity contribution in [2.45, 2.75) is 27.2 Å². The summed E-state index contributed by atoms with van der Waals surface area (Å²) >= 11 is 0. The normalized spacial score (nSPS) is 10.7. The smallest absolute Gasteiger partial charge is 0.167 e. The molecule has 0 fully saturated rings. The van der Waals surface area contributed by atoms with E-state index in [1.165, 1.54) is 6.07 Å². The third-order valence-electron chi connectivity index (χ3n) is 2.65. The molecule has 0 amide bonds. The molecule has 2 N–H and O–H groups in total. The number of nitrogen functional groups attached to an aromatic ring is 1. The average molecular weight is 264 g/mol. The molecule has 2 rings (SSSR count). The van der Waals surface area contributed by atoms with E-state index in [0.29, 0.717) is 29.6 Å². The Labute approximate surface area is 111 Å². The summed E-state index contributed by atoms with van der Waals surface area (Å²) < 4.78 is 20.7. The SMILES string of the molecule is CCCOc1cc(-n2nc(C)nc2C)c(N)cc1F. The Bertz CT molecular complexity index is 595. The number of ether oxygens (including phenoxy) is 1. The number of nitrogens with zero attached hydrogens (tertiary/aromatic N) is 3. The Hall–Kier alpha value is -2.11. The van der Waals surface area contributed by atoms with Gasteiger partial charge in [-0.25, -0.2) is 14.1 Å². The maximum Gasteiger partial charge on any atom is 0.167 e. The van der Waals surface area contributed by atoms with Crippen LogP contribution in [0.3, 0.4) is 0 Å². The number of hydrogen-bond donors (Lipinski definition) is 1. The van der Waals surface area contributed by atoms with E-state index in [0.717, 1.165) is 6.42 Å². The van der Waals surface area contributed by atoms with Crippen LogP contribution in [0.1, 0.15) is 25.0 Å². The predicted molar refractivity (Wildman–Crippen MR) is 71.0 cm³/mol. The molecule has 0 radical (unpaired) electrons. The van der Waals surface area contributed by atoms with Gasteiger partial charge in [-0.1, -0.05) is 6.92 Å². The predicted octanol–water partition coefficient (Wildman–Crippen LogP) is 2.39. The molecule has 2 aromatic rings. The molecule has 6 heteroatoms. The molecule has 1 aromatic heterocycles. The van der Waals surface area contributed by atoms with Gasteiger partial charge in [-0.05, 0) is 20.3 Å². The van der Waals surface area contributed by atoms with Gasteiger partial charge in [-0.2, -0.15) is 5.10 Å². The van der Waals surface area contributed by atoms with Gasteiger partial charge in [0.05, 0.1) is 18.0 Å². The molecule has 19 heavy (non-hydrogen) atoms. The maximum atomic E-state index is 13.7. The first kappa shape index (κ1) is 13.3. The summed E-state index contributed by atoms with van der Waals surface area (Å²) in [5.74, 6) is 1.04. The highest BCUT2D eigenvalue weighted by Crippen LogP contribution is 2.27. The number of rotatable bonds is 4. The molecule has 5 nitrogen and oxygen atoms in total. The number of anilines is 1. The first-order valence-electron chi connectivity index (χ1n) is 6.15. The van der Waals surface area contributed by atoms with Gasteiger partial charge < -0.3 is 10.5 Å². The summed E-state index contributed by atoms with van der Waals surface area (Å²) in [6.45, 7) is 6.02. The van der Waals surface area contributed by atoms with Gasteiger partial charge >= 0.3 is 0 Å². The quantitative estimate of drug-likeness (QED) is 0.861. The van der Waals surface area contributed by atoms with Crippen molar-refractivity contribution in [1.82, 2.24) is 14.8 Å². The van der Waals surface area contributed by atoms with E-state index >= 15 is 0 Å². The fraction of sp³-hybridized carbons (Fsp3) is 0.385. The van der Waals surface area contributed by atoms with Crippen molar-refractivity contribution < 1.29 is 9.13 Å². The second-order valence-corrected chi connectivity index (χ2v) is 4.31. The van der Waals surface area contributed by atoms with Crippen molar-refractivity contribution in [2.75, 3.05) is 12.3 Å². The summed E-state index contributed by atoms with van der Waals surface area (Å²) in [5.41, 5.74) is 6.72. The van der Waals surface area contributed by atoms with Gasteiger partial charge in [0, 0.05) is 12.1 Å². The molecular formula is C13H17FN4O. The lowest BCUT2D eigenvalue weighted by Crippen LogP contribution is -2.06. The highest BCUT2D eigenvalue weighted by atomic mass is 19.1. The van der Waals surface area contributed by atoms with Crippen LogP contribution in [-0.2, 0) is 0 Å². The molecule has 0 aliphatic carbocycles. The number of benzene rings is 1. The summed E-state index contributed by atoms with van der Waals surface area (Å²) in [6, 6.07) is 2.80. The Morgan fingerprint density at radius 2 is 2.11 bits per heavy atom. The third kappa shape index (κ3) is 2.67.